The van der Waals surface area contributed by atoms with Crippen molar-refractivity contribution in [3.63, 3.8) is 0 Å². The summed E-state index contributed by atoms with van der Waals surface area (Å²) >= 11 is 0. The number of hydrogen-bond donors (Lipinski definition) is 2. The van der Waals surface area contributed by atoms with Crippen molar-refractivity contribution in [3.05, 3.63) is 59.9 Å². The van der Waals surface area contributed by atoms with Gasteiger partial charge in [-0.3, -0.25) is 4.79 Å². The van der Waals surface area contributed by atoms with Crippen molar-refractivity contribution < 1.29 is 4.79 Å². The number of nitrogens with one attached hydrogen (secondary N) is 1. The number of aryl methyl sites for hydroxylation is 1. The summed E-state index contributed by atoms with van der Waals surface area (Å²) in [6.07, 6.45) is 3.35. The third kappa shape index (κ3) is 2.09. The summed E-state index contributed by atoms with van der Waals surface area (Å²) in [6, 6.07) is 11.1. The van der Waals surface area contributed by atoms with E-state index in [1.807, 2.05) is 37.3 Å². The van der Waals surface area contributed by atoms with E-state index in [0.29, 0.717) is 16.9 Å². The summed E-state index contributed by atoms with van der Waals surface area (Å²) in [7, 11) is 0. The van der Waals surface area contributed by atoms with Crippen LogP contribution in [0.2, 0.25) is 0 Å². The monoisotopic (exact) mass is 266 g/mol. The maximum absolute atomic E-state index is 12.3. The van der Waals surface area contributed by atoms with E-state index in [4.69, 9.17) is 5.73 Å². The molecule has 2 heterocycles. The molecule has 5 heteroatoms. The number of nitrogens with zero attached hydrogens (tertiary/aromatic N) is 2. The quantitative estimate of drug-likeness (QED) is 0.700. The zero-order valence-corrected chi connectivity index (χ0v) is 11.0. The van der Waals surface area contributed by atoms with Crippen LogP contribution in [-0.4, -0.2) is 15.5 Å². The number of anilines is 2. The maximum atomic E-state index is 12.3. The minimum Gasteiger partial charge on any atom is -0.397 e. The second-order valence-electron chi connectivity index (χ2n) is 4.63. The molecular formula is C15H14N4O. The highest BCUT2D eigenvalue weighted by Crippen LogP contribution is 2.21. The average Bonchev–Trinajstić information content (AvgIpc) is 2.87. The molecule has 0 unspecified atom stereocenters. The van der Waals surface area contributed by atoms with Crippen molar-refractivity contribution in [3.8, 4) is 0 Å². The van der Waals surface area contributed by atoms with Crippen LogP contribution in [0, 0.1) is 6.92 Å². The molecule has 0 bridgehead atoms. The van der Waals surface area contributed by atoms with Gasteiger partial charge in [-0.05, 0) is 36.8 Å². The number of carbonyl (C=O) groups is 1. The average molecular weight is 266 g/mol. The van der Waals surface area contributed by atoms with Gasteiger partial charge >= 0.3 is 0 Å². The van der Waals surface area contributed by atoms with E-state index < -0.39 is 0 Å². The van der Waals surface area contributed by atoms with Gasteiger partial charge in [-0.25, -0.2) is 4.52 Å². The molecule has 3 N–H and O–H groups in total. The molecule has 20 heavy (non-hydrogen) atoms. The molecule has 0 aliphatic carbocycles. The van der Waals surface area contributed by atoms with Crippen LogP contribution in [0.3, 0.4) is 0 Å². The van der Waals surface area contributed by atoms with E-state index >= 15 is 0 Å². The first-order chi connectivity index (χ1) is 9.65. The Morgan fingerprint density at radius 3 is 3.00 bits per heavy atom. The van der Waals surface area contributed by atoms with Crippen LogP contribution in [-0.2, 0) is 0 Å². The second-order valence-corrected chi connectivity index (χ2v) is 4.63. The fourth-order valence-corrected chi connectivity index (χ4v) is 2.08. The lowest BCUT2D eigenvalue weighted by Crippen LogP contribution is -2.13. The number of nitrogens with two attached hydrogens (primary N) is 1. The molecule has 1 amide bonds. The van der Waals surface area contributed by atoms with Gasteiger partial charge in [0.25, 0.3) is 5.91 Å². The Kier molecular flexibility index (Phi) is 2.87. The Labute approximate surface area is 116 Å². The highest BCUT2D eigenvalue weighted by atomic mass is 16.1. The van der Waals surface area contributed by atoms with Crippen LogP contribution in [0.1, 0.15) is 15.9 Å². The third-order valence-corrected chi connectivity index (χ3v) is 3.13. The molecule has 0 saturated heterocycles. The van der Waals surface area contributed by atoms with Crippen molar-refractivity contribution in [2.24, 2.45) is 0 Å². The van der Waals surface area contributed by atoms with Gasteiger partial charge in [0.1, 0.15) is 0 Å². The Morgan fingerprint density at radius 1 is 1.30 bits per heavy atom. The largest absolute Gasteiger partial charge is 0.397 e. The lowest BCUT2D eigenvalue weighted by molar-refractivity contribution is 0.102. The Morgan fingerprint density at radius 2 is 2.15 bits per heavy atom. The van der Waals surface area contributed by atoms with E-state index in [9.17, 15) is 4.79 Å². The van der Waals surface area contributed by atoms with Gasteiger partial charge in [0.15, 0.2) is 0 Å². The summed E-state index contributed by atoms with van der Waals surface area (Å²) in [4.78, 5) is 12.3. The first kappa shape index (κ1) is 12.2. The Bertz CT molecular complexity index is 791. The lowest BCUT2D eigenvalue weighted by Gasteiger charge is -2.08. The molecule has 100 valence electrons. The van der Waals surface area contributed by atoms with E-state index in [2.05, 4.69) is 10.4 Å². The van der Waals surface area contributed by atoms with Gasteiger partial charge in [-0.15, -0.1) is 0 Å². The molecule has 0 radical (unpaired) electrons. The van der Waals surface area contributed by atoms with Crippen LogP contribution in [0.25, 0.3) is 5.52 Å². The maximum Gasteiger partial charge on any atom is 0.259 e. The molecule has 0 spiro atoms. The molecule has 1 aromatic carbocycles. The van der Waals surface area contributed by atoms with E-state index in [-0.39, 0.29) is 5.91 Å². The van der Waals surface area contributed by atoms with Crippen LogP contribution in [0.15, 0.2) is 48.8 Å². The van der Waals surface area contributed by atoms with Crippen molar-refractivity contribution >= 4 is 22.8 Å². The highest BCUT2D eigenvalue weighted by molar-refractivity contribution is 6.09. The summed E-state index contributed by atoms with van der Waals surface area (Å²) < 4.78 is 1.66. The van der Waals surface area contributed by atoms with Gasteiger partial charge in [-0.2, -0.15) is 5.10 Å². The van der Waals surface area contributed by atoms with Crippen LogP contribution < -0.4 is 11.1 Å². The van der Waals surface area contributed by atoms with Gasteiger partial charge in [-0.1, -0.05) is 12.1 Å². The highest BCUT2D eigenvalue weighted by Gasteiger charge is 2.13. The number of hydrogen-bond acceptors (Lipinski definition) is 3. The zero-order valence-electron chi connectivity index (χ0n) is 11.0. The number of pyridine rings is 1. The second kappa shape index (κ2) is 4.70. The van der Waals surface area contributed by atoms with E-state index in [1.54, 1.807) is 23.0 Å². The van der Waals surface area contributed by atoms with Crippen molar-refractivity contribution in [2.45, 2.75) is 6.92 Å². The molecule has 0 saturated carbocycles. The molecule has 0 aliphatic rings. The number of fused-ring (bicyclic) bond motifs is 1. The van der Waals surface area contributed by atoms with E-state index in [0.717, 1.165) is 11.1 Å². The minimum absolute atomic E-state index is 0.219. The van der Waals surface area contributed by atoms with Crippen LogP contribution >= 0.6 is 0 Å². The van der Waals surface area contributed by atoms with Gasteiger partial charge in [0.2, 0.25) is 0 Å². The van der Waals surface area contributed by atoms with Crippen LogP contribution in [0.5, 0.6) is 0 Å². The molecule has 5 nitrogen and oxygen atoms in total. The van der Waals surface area contributed by atoms with Gasteiger partial charge < -0.3 is 11.1 Å². The number of rotatable bonds is 2. The summed E-state index contributed by atoms with van der Waals surface area (Å²) in [5, 5.41) is 6.97. The van der Waals surface area contributed by atoms with Crippen LogP contribution in [0.4, 0.5) is 11.4 Å². The zero-order chi connectivity index (χ0) is 14.1. The number of carbonyl (C=O) groups excluding carboxylic acids is 1. The fourth-order valence-electron chi connectivity index (χ4n) is 2.08. The molecule has 0 fully saturated rings. The first-order valence-corrected chi connectivity index (χ1v) is 6.25. The van der Waals surface area contributed by atoms with Crippen molar-refractivity contribution in [1.82, 2.24) is 9.61 Å². The summed E-state index contributed by atoms with van der Waals surface area (Å²) in [5.41, 5.74) is 9.34. The molecule has 3 rings (SSSR count). The minimum atomic E-state index is -0.219. The summed E-state index contributed by atoms with van der Waals surface area (Å²) in [6.45, 7) is 1.95. The molecule has 3 aromatic rings. The lowest BCUT2D eigenvalue weighted by atomic mass is 10.2. The standard InChI is InChI=1S/C15H14N4O/c1-10-5-6-12(16)13(8-10)18-15(20)11-9-17-19-7-3-2-4-14(11)19/h2-9H,16H2,1H3,(H,18,20). The number of benzene rings is 1. The smallest absolute Gasteiger partial charge is 0.259 e. The molecule has 0 atom stereocenters. The molecule has 0 aliphatic heterocycles. The van der Waals surface area contributed by atoms with Gasteiger partial charge in [0.05, 0.1) is 28.7 Å². The summed E-state index contributed by atoms with van der Waals surface area (Å²) in [5.74, 6) is -0.219. The molecular weight excluding hydrogens is 252 g/mol. The Balaban J connectivity index is 1.95. The topological polar surface area (TPSA) is 72.4 Å². The fraction of sp³-hybridized carbons (Fsp3) is 0.0667. The van der Waals surface area contributed by atoms with Gasteiger partial charge in [0, 0.05) is 6.20 Å². The first-order valence-electron chi connectivity index (χ1n) is 6.25. The predicted octanol–water partition coefficient (Wildman–Crippen LogP) is 2.48. The number of amides is 1. The van der Waals surface area contributed by atoms with Crippen molar-refractivity contribution in [2.75, 3.05) is 11.1 Å². The third-order valence-electron chi connectivity index (χ3n) is 3.13. The SMILES string of the molecule is Cc1ccc(N)c(NC(=O)c2cnn3ccccc23)c1. The number of nitrogen functional groups attached to an aromatic ring is 1. The van der Waals surface area contributed by atoms with Crippen molar-refractivity contribution in [1.29, 1.82) is 0 Å². The normalized spacial score (nSPS) is 10.7. The van der Waals surface area contributed by atoms with E-state index in [1.165, 1.54) is 0 Å². The Hall–Kier alpha value is -2.82. The molecule has 2 aromatic heterocycles. The number of aromatic nitrogens is 2. The predicted molar refractivity (Wildman–Crippen MR) is 78.7 cm³/mol.